The molecule has 0 saturated carbocycles. The molecule has 0 aliphatic heterocycles. The molecule has 6 heteroatoms. The second-order valence-corrected chi connectivity index (χ2v) is 3.79. The maximum atomic E-state index is 11.3. The molecule has 1 atom stereocenters. The van der Waals surface area contributed by atoms with Crippen LogP contribution < -0.4 is 11.0 Å². The second-order valence-electron chi connectivity index (χ2n) is 3.79. The Morgan fingerprint density at radius 1 is 1.56 bits per heavy atom. The lowest BCUT2D eigenvalue weighted by Gasteiger charge is -2.10. The number of nitrogens with zero attached hydrogens (tertiary/aromatic N) is 3. The Kier molecular flexibility index (Phi) is 3.00. The number of rotatable bonds is 4. The lowest BCUT2D eigenvalue weighted by atomic mass is 10.2. The summed E-state index contributed by atoms with van der Waals surface area (Å²) in [4.78, 5) is 11.3. The lowest BCUT2D eigenvalue weighted by molar-refractivity contribution is 0.554. The summed E-state index contributed by atoms with van der Waals surface area (Å²) in [6.45, 7) is 5.08. The number of fused-ring (bicyclic) bond motifs is 1. The fraction of sp³-hybridized carbons (Fsp3) is 0.500. The van der Waals surface area contributed by atoms with Gasteiger partial charge in [0.15, 0.2) is 5.65 Å². The first-order valence-corrected chi connectivity index (χ1v) is 5.37. The molecule has 2 rings (SSSR count). The number of aromatic nitrogens is 4. The van der Waals surface area contributed by atoms with Gasteiger partial charge in [-0.05, 0) is 25.6 Å². The van der Waals surface area contributed by atoms with Crippen LogP contribution in [0.5, 0.6) is 0 Å². The maximum Gasteiger partial charge on any atom is 0.364 e. The summed E-state index contributed by atoms with van der Waals surface area (Å²) in [5, 5.41) is 13.7. The Morgan fingerprint density at radius 3 is 3.12 bits per heavy atom. The Balaban J connectivity index is 2.25. The van der Waals surface area contributed by atoms with Crippen molar-refractivity contribution in [2.24, 2.45) is 0 Å². The van der Waals surface area contributed by atoms with Gasteiger partial charge in [-0.15, -0.1) is 0 Å². The van der Waals surface area contributed by atoms with E-state index >= 15 is 0 Å². The molecular weight excluding hydrogens is 206 g/mol. The Bertz CT molecular complexity index is 529. The molecule has 0 radical (unpaired) electrons. The predicted molar refractivity (Wildman–Crippen MR) is 60.5 cm³/mol. The smallest absolute Gasteiger partial charge is 0.314 e. The van der Waals surface area contributed by atoms with Gasteiger partial charge in [-0.2, -0.15) is 14.7 Å². The van der Waals surface area contributed by atoms with Crippen LogP contribution in [0, 0.1) is 0 Å². The fourth-order valence-electron chi connectivity index (χ4n) is 1.68. The van der Waals surface area contributed by atoms with Crippen LogP contribution in [0.15, 0.2) is 16.9 Å². The molecule has 0 spiro atoms. The minimum absolute atomic E-state index is 0.298. The van der Waals surface area contributed by atoms with E-state index in [1.165, 1.54) is 4.52 Å². The van der Waals surface area contributed by atoms with Crippen LogP contribution in [-0.2, 0) is 6.42 Å². The van der Waals surface area contributed by atoms with Crippen LogP contribution in [0.3, 0.4) is 0 Å². The van der Waals surface area contributed by atoms with E-state index in [0.717, 1.165) is 18.7 Å². The monoisotopic (exact) mass is 221 g/mol. The number of likely N-dealkylation sites (N-methyl/N-ethyl adjacent to an activating group) is 1. The molecule has 0 fully saturated rings. The first-order chi connectivity index (χ1) is 7.70. The number of hydrogen-bond donors (Lipinski definition) is 2. The maximum absolute atomic E-state index is 11.3. The molecule has 16 heavy (non-hydrogen) atoms. The van der Waals surface area contributed by atoms with E-state index < -0.39 is 0 Å². The molecule has 86 valence electrons. The molecule has 2 heterocycles. The number of aromatic amines is 1. The van der Waals surface area contributed by atoms with Gasteiger partial charge in [0.25, 0.3) is 0 Å². The SMILES string of the molecule is CCNC(C)Cc1ccc2n[nH]c(=O)n2n1. The number of hydrogen-bond acceptors (Lipinski definition) is 4. The van der Waals surface area contributed by atoms with Gasteiger partial charge in [0, 0.05) is 12.5 Å². The van der Waals surface area contributed by atoms with E-state index in [4.69, 9.17) is 0 Å². The quantitative estimate of drug-likeness (QED) is 0.759. The van der Waals surface area contributed by atoms with Crippen molar-refractivity contribution in [3.63, 3.8) is 0 Å². The summed E-state index contributed by atoms with van der Waals surface area (Å²) in [6.07, 6.45) is 0.793. The fourth-order valence-corrected chi connectivity index (χ4v) is 1.68. The van der Waals surface area contributed by atoms with Crippen LogP contribution in [0.2, 0.25) is 0 Å². The van der Waals surface area contributed by atoms with Crippen LogP contribution in [0.1, 0.15) is 19.5 Å². The van der Waals surface area contributed by atoms with Crippen LogP contribution >= 0.6 is 0 Å². The highest BCUT2D eigenvalue weighted by Gasteiger charge is 2.06. The standard InChI is InChI=1S/C10H15N5O/c1-3-11-7(2)6-8-4-5-9-12-13-10(16)15(9)14-8/h4-5,7,11H,3,6H2,1-2H3,(H,13,16). The van der Waals surface area contributed by atoms with Gasteiger partial charge in [-0.25, -0.2) is 9.89 Å². The third kappa shape index (κ3) is 2.11. The van der Waals surface area contributed by atoms with E-state index in [1.54, 1.807) is 6.07 Å². The zero-order valence-corrected chi connectivity index (χ0v) is 9.40. The van der Waals surface area contributed by atoms with Gasteiger partial charge in [0.1, 0.15) is 0 Å². The molecule has 0 aliphatic carbocycles. The van der Waals surface area contributed by atoms with Crippen LogP contribution in [-0.4, -0.2) is 32.4 Å². The Hall–Kier alpha value is -1.69. The summed E-state index contributed by atoms with van der Waals surface area (Å²) < 4.78 is 1.29. The zero-order chi connectivity index (χ0) is 11.5. The van der Waals surface area contributed by atoms with Gasteiger partial charge in [-0.1, -0.05) is 6.92 Å². The van der Waals surface area contributed by atoms with Crippen molar-refractivity contribution in [1.82, 2.24) is 25.1 Å². The first-order valence-electron chi connectivity index (χ1n) is 5.37. The van der Waals surface area contributed by atoms with Crippen LogP contribution in [0.25, 0.3) is 5.65 Å². The van der Waals surface area contributed by atoms with Gasteiger partial charge < -0.3 is 5.32 Å². The second kappa shape index (κ2) is 4.44. The van der Waals surface area contributed by atoms with E-state index in [0.29, 0.717) is 11.7 Å². The van der Waals surface area contributed by atoms with Crippen molar-refractivity contribution in [3.8, 4) is 0 Å². The molecular formula is C10H15N5O. The van der Waals surface area contributed by atoms with Crippen molar-refractivity contribution in [2.45, 2.75) is 26.3 Å². The average Bonchev–Trinajstić information content (AvgIpc) is 2.61. The normalized spacial score (nSPS) is 13.1. The number of H-pyrrole nitrogens is 1. The Labute approximate surface area is 92.7 Å². The summed E-state index contributed by atoms with van der Waals surface area (Å²) in [6, 6.07) is 4.03. The Morgan fingerprint density at radius 2 is 2.38 bits per heavy atom. The van der Waals surface area contributed by atoms with Crippen molar-refractivity contribution >= 4 is 5.65 Å². The van der Waals surface area contributed by atoms with E-state index in [1.807, 2.05) is 6.07 Å². The van der Waals surface area contributed by atoms with Gasteiger partial charge >= 0.3 is 5.69 Å². The molecule has 0 saturated heterocycles. The lowest BCUT2D eigenvalue weighted by Crippen LogP contribution is -2.28. The summed E-state index contributed by atoms with van der Waals surface area (Å²) in [5.74, 6) is 0. The van der Waals surface area contributed by atoms with Gasteiger partial charge in [0.05, 0.1) is 5.69 Å². The van der Waals surface area contributed by atoms with Crippen molar-refractivity contribution in [3.05, 3.63) is 28.3 Å². The molecule has 2 aromatic rings. The summed E-state index contributed by atoms with van der Waals surface area (Å²) in [7, 11) is 0. The van der Waals surface area contributed by atoms with Crippen LogP contribution in [0.4, 0.5) is 0 Å². The third-order valence-electron chi connectivity index (χ3n) is 2.40. The van der Waals surface area contributed by atoms with Gasteiger partial charge in [-0.3, -0.25) is 0 Å². The summed E-state index contributed by atoms with van der Waals surface area (Å²) in [5.41, 5.74) is 1.13. The predicted octanol–water partition coefficient (Wildman–Crippen LogP) is -0.0419. The molecule has 2 N–H and O–H groups in total. The van der Waals surface area contributed by atoms with Crippen molar-refractivity contribution in [1.29, 1.82) is 0 Å². The van der Waals surface area contributed by atoms with Gasteiger partial charge in [0.2, 0.25) is 0 Å². The zero-order valence-electron chi connectivity index (χ0n) is 9.40. The highest BCUT2D eigenvalue weighted by Crippen LogP contribution is 2.00. The van der Waals surface area contributed by atoms with E-state index in [-0.39, 0.29) is 5.69 Å². The largest absolute Gasteiger partial charge is 0.364 e. The molecule has 1 unspecified atom stereocenters. The number of nitrogens with one attached hydrogen (secondary N) is 2. The van der Waals surface area contributed by atoms with Crippen molar-refractivity contribution < 1.29 is 0 Å². The molecule has 0 aromatic carbocycles. The van der Waals surface area contributed by atoms with E-state index in [2.05, 4.69) is 34.5 Å². The molecule has 0 bridgehead atoms. The summed E-state index contributed by atoms with van der Waals surface area (Å²) >= 11 is 0. The molecule has 0 aliphatic rings. The molecule has 2 aromatic heterocycles. The minimum atomic E-state index is -0.298. The van der Waals surface area contributed by atoms with E-state index in [9.17, 15) is 4.79 Å². The minimum Gasteiger partial charge on any atom is -0.314 e. The average molecular weight is 221 g/mol. The van der Waals surface area contributed by atoms with Crippen molar-refractivity contribution in [2.75, 3.05) is 6.54 Å². The third-order valence-corrected chi connectivity index (χ3v) is 2.40. The molecule has 6 nitrogen and oxygen atoms in total. The first kappa shape index (κ1) is 10.8. The highest BCUT2D eigenvalue weighted by atomic mass is 16.2. The topological polar surface area (TPSA) is 75.1 Å². The highest BCUT2D eigenvalue weighted by molar-refractivity contribution is 5.34. The molecule has 0 amide bonds.